The Morgan fingerprint density at radius 2 is 1.85 bits per heavy atom. The van der Waals surface area contributed by atoms with Crippen molar-refractivity contribution in [2.24, 2.45) is 0 Å². The second kappa shape index (κ2) is 4.32. The van der Waals surface area contributed by atoms with Crippen LogP contribution in [-0.2, 0) is 0 Å². The molecule has 0 bridgehead atoms. The number of para-hydroxylation sites is 2. The van der Waals surface area contributed by atoms with Gasteiger partial charge in [0.1, 0.15) is 0 Å². The predicted octanol–water partition coefficient (Wildman–Crippen LogP) is 4.20. The van der Waals surface area contributed by atoms with Crippen LogP contribution in [0, 0.1) is 0 Å². The van der Waals surface area contributed by atoms with Crippen LogP contribution in [0.2, 0.25) is 5.02 Å². The summed E-state index contributed by atoms with van der Waals surface area (Å²) >= 11 is 6.05. The van der Waals surface area contributed by atoms with Gasteiger partial charge in [-0.1, -0.05) is 35.9 Å². The molecule has 2 heterocycles. The van der Waals surface area contributed by atoms with Crippen LogP contribution in [-0.4, -0.2) is 14.4 Å². The normalized spacial score (nSPS) is 11.2. The third-order valence-electron chi connectivity index (χ3n) is 3.32. The van der Waals surface area contributed by atoms with Gasteiger partial charge in [0.2, 0.25) is 5.78 Å². The summed E-state index contributed by atoms with van der Waals surface area (Å²) in [6.45, 7) is 0. The van der Waals surface area contributed by atoms with E-state index in [1.165, 1.54) is 0 Å². The summed E-state index contributed by atoms with van der Waals surface area (Å²) in [6, 6.07) is 15.8. The number of benzene rings is 2. The maximum atomic E-state index is 6.05. The van der Waals surface area contributed by atoms with Gasteiger partial charge in [-0.25, -0.2) is 9.97 Å². The molecular weight excluding hydrogens is 270 g/mol. The largest absolute Gasteiger partial charge is 0.283 e. The summed E-state index contributed by atoms with van der Waals surface area (Å²) in [5.41, 5.74) is 4.06. The lowest BCUT2D eigenvalue weighted by molar-refractivity contribution is 1.14. The second-order valence-corrected chi connectivity index (χ2v) is 5.06. The molecule has 0 unspecified atom stereocenters. The van der Waals surface area contributed by atoms with E-state index in [1.54, 1.807) is 0 Å². The maximum Gasteiger partial charge on any atom is 0.234 e. The zero-order valence-corrected chi connectivity index (χ0v) is 11.2. The minimum atomic E-state index is 0.706. The number of rotatable bonds is 1. The van der Waals surface area contributed by atoms with E-state index in [4.69, 9.17) is 11.6 Å². The Kier molecular flexibility index (Phi) is 2.47. The molecule has 0 aliphatic carbocycles. The van der Waals surface area contributed by atoms with Crippen molar-refractivity contribution in [2.45, 2.75) is 0 Å². The van der Waals surface area contributed by atoms with E-state index in [0.29, 0.717) is 5.78 Å². The lowest BCUT2D eigenvalue weighted by Crippen LogP contribution is -1.90. The lowest BCUT2D eigenvalue weighted by atomic mass is 10.1. The molecule has 0 aliphatic heterocycles. The highest BCUT2D eigenvalue weighted by molar-refractivity contribution is 6.30. The molecule has 4 heteroatoms. The van der Waals surface area contributed by atoms with Crippen LogP contribution < -0.4 is 0 Å². The van der Waals surface area contributed by atoms with Gasteiger partial charge >= 0.3 is 0 Å². The minimum Gasteiger partial charge on any atom is -0.283 e. The summed E-state index contributed by atoms with van der Waals surface area (Å²) in [4.78, 5) is 8.93. The summed E-state index contributed by atoms with van der Waals surface area (Å²) in [5, 5.41) is 0.720. The molecule has 0 amide bonds. The average molecular weight is 280 g/mol. The fraction of sp³-hybridized carbons (Fsp3) is 0. The molecule has 0 saturated carbocycles. The first-order valence-corrected chi connectivity index (χ1v) is 6.68. The quantitative estimate of drug-likeness (QED) is 0.523. The monoisotopic (exact) mass is 279 g/mol. The smallest absolute Gasteiger partial charge is 0.234 e. The molecule has 0 aliphatic rings. The number of hydrogen-bond acceptors (Lipinski definition) is 2. The number of aromatic nitrogens is 3. The molecule has 2 aromatic carbocycles. The molecule has 2 aromatic heterocycles. The Balaban J connectivity index is 2.00. The van der Waals surface area contributed by atoms with Crippen LogP contribution in [0.3, 0.4) is 0 Å². The Morgan fingerprint density at radius 1 is 0.950 bits per heavy atom. The Bertz CT molecular complexity index is 927. The molecule has 0 saturated heterocycles. The van der Waals surface area contributed by atoms with Crippen molar-refractivity contribution in [1.29, 1.82) is 0 Å². The third-order valence-corrected chi connectivity index (χ3v) is 3.56. The van der Waals surface area contributed by atoms with Gasteiger partial charge in [-0.3, -0.25) is 4.40 Å². The highest BCUT2D eigenvalue weighted by atomic mass is 35.5. The van der Waals surface area contributed by atoms with Crippen LogP contribution in [0.5, 0.6) is 0 Å². The van der Waals surface area contributed by atoms with Gasteiger partial charge < -0.3 is 0 Å². The van der Waals surface area contributed by atoms with Gasteiger partial charge in [-0.2, -0.15) is 0 Å². The first-order chi connectivity index (χ1) is 9.81. The van der Waals surface area contributed by atoms with E-state index in [9.17, 15) is 0 Å². The fourth-order valence-electron chi connectivity index (χ4n) is 2.37. The third kappa shape index (κ3) is 1.75. The van der Waals surface area contributed by atoms with E-state index in [-0.39, 0.29) is 0 Å². The van der Waals surface area contributed by atoms with Gasteiger partial charge in [0.25, 0.3) is 0 Å². The zero-order chi connectivity index (χ0) is 13.5. The van der Waals surface area contributed by atoms with Gasteiger partial charge in [0.05, 0.1) is 11.0 Å². The van der Waals surface area contributed by atoms with E-state index < -0.39 is 0 Å². The van der Waals surface area contributed by atoms with Crippen molar-refractivity contribution in [3.05, 3.63) is 65.9 Å². The molecule has 0 N–H and O–H groups in total. The molecule has 4 rings (SSSR count). The van der Waals surface area contributed by atoms with Crippen LogP contribution >= 0.6 is 11.6 Å². The second-order valence-electron chi connectivity index (χ2n) is 4.62. The average Bonchev–Trinajstić information content (AvgIpc) is 2.85. The highest BCUT2D eigenvalue weighted by Gasteiger charge is 2.06. The Hall–Kier alpha value is -2.39. The van der Waals surface area contributed by atoms with Crippen molar-refractivity contribution in [2.75, 3.05) is 0 Å². The lowest BCUT2D eigenvalue weighted by Gasteiger charge is -2.03. The molecule has 0 spiro atoms. The number of fused-ring (bicyclic) bond motifs is 3. The standard InChI is InChI=1S/C16H10ClN3/c17-13-5-3-4-11(8-13)12-9-18-16-19-14-6-1-2-7-15(14)20(16)10-12/h1-10H. The SMILES string of the molecule is Clc1cccc(-c2cnc3nc4ccccc4n3c2)c1. The van der Waals surface area contributed by atoms with Crippen LogP contribution in [0.1, 0.15) is 0 Å². The van der Waals surface area contributed by atoms with Crippen molar-refractivity contribution in [3.8, 4) is 11.1 Å². The Labute approximate surface area is 120 Å². The van der Waals surface area contributed by atoms with E-state index in [2.05, 4.69) is 9.97 Å². The number of imidazole rings is 1. The first kappa shape index (κ1) is 11.4. The van der Waals surface area contributed by atoms with Gasteiger partial charge in [0, 0.05) is 23.0 Å². The maximum absolute atomic E-state index is 6.05. The summed E-state index contributed by atoms with van der Waals surface area (Å²) < 4.78 is 2.01. The van der Waals surface area contributed by atoms with Gasteiger partial charge in [-0.15, -0.1) is 0 Å². The van der Waals surface area contributed by atoms with E-state index >= 15 is 0 Å². The van der Waals surface area contributed by atoms with E-state index in [0.717, 1.165) is 27.2 Å². The zero-order valence-electron chi connectivity index (χ0n) is 10.5. The van der Waals surface area contributed by atoms with Gasteiger partial charge in [0.15, 0.2) is 0 Å². The topological polar surface area (TPSA) is 30.2 Å². The molecule has 0 fully saturated rings. The van der Waals surface area contributed by atoms with Crippen LogP contribution in [0.4, 0.5) is 0 Å². The van der Waals surface area contributed by atoms with Crippen LogP contribution in [0.15, 0.2) is 60.9 Å². The number of nitrogens with zero attached hydrogens (tertiary/aromatic N) is 3. The van der Waals surface area contributed by atoms with Crippen molar-refractivity contribution in [3.63, 3.8) is 0 Å². The predicted molar refractivity (Wildman–Crippen MR) is 80.9 cm³/mol. The van der Waals surface area contributed by atoms with Crippen LogP contribution in [0.25, 0.3) is 27.9 Å². The molecule has 3 nitrogen and oxygen atoms in total. The number of halogens is 1. The molecule has 96 valence electrons. The van der Waals surface area contributed by atoms with E-state index in [1.807, 2.05) is 65.3 Å². The first-order valence-electron chi connectivity index (χ1n) is 6.30. The van der Waals surface area contributed by atoms with Crippen molar-refractivity contribution in [1.82, 2.24) is 14.4 Å². The summed E-state index contributed by atoms with van der Waals surface area (Å²) in [5.74, 6) is 0.706. The molecular formula is C16H10ClN3. The minimum absolute atomic E-state index is 0.706. The van der Waals surface area contributed by atoms with Crippen molar-refractivity contribution < 1.29 is 0 Å². The van der Waals surface area contributed by atoms with Gasteiger partial charge in [-0.05, 0) is 29.8 Å². The summed E-state index contributed by atoms with van der Waals surface area (Å²) in [7, 11) is 0. The highest BCUT2D eigenvalue weighted by Crippen LogP contribution is 2.24. The number of hydrogen-bond donors (Lipinski definition) is 0. The van der Waals surface area contributed by atoms with Crippen molar-refractivity contribution >= 4 is 28.4 Å². The summed E-state index contributed by atoms with van der Waals surface area (Å²) in [6.07, 6.45) is 3.87. The fourth-order valence-corrected chi connectivity index (χ4v) is 2.56. The Morgan fingerprint density at radius 3 is 2.75 bits per heavy atom. The molecule has 0 radical (unpaired) electrons. The molecule has 0 atom stereocenters. The molecule has 20 heavy (non-hydrogen) atoms. The molecule has 4 aromatic rings.